The number of aromatic nitrogens is 4. The molecule has 0 fully saturated rings. The molecule has 4 heterocycles. The van der Waals surface area contributed by atoms with E-state index in [0.29, 0.717) is 0 Å². The molecule has 4 aromatic heterocycles. The maximum absolute atomic E-state index is 5.52. The smallest absolute Gasteiger partial charge is 0.138 e. The molecule has 272 valence electrons. The molecule has 4 nitrogen and oxygen atoms in total. The van der Waals surface area contributed by atoms with Gasteiger partial charge in [-0.3, -0.25) is 4.57 Å². The number of para-hydroxylation sites is 4. The van der Waals surface area contributed by atoms with Crippen LogP contribution < -0.4 is 0 Å². The zero-order valence-electron chi connectivity index (χ0n) is 32.1. The van der Waals surface area contributed by atoms with Crippen LogP contribution in [0.3, 0.4) is 0 Å². The van der Waals surface area contributed by atoms with E-state index in [1.54, 1.807) is 0 Å². The lowest BCUT2D eigenvalue weighted by Crippen LogP contribution is -2.23. The molecule has 0 amide bonds. The molecule has 12 aromatic rings. The second-order valence-corrected chi connectivity index (χ2v) is 16.4. The number of fused-ring (bicyclic) bond motifs is 11. The molecule has 0 bridgehead atoms. The van der Waals surface area contributed by atoms with Crippen LogP contribution in [0.15, 0.2) is 182 Å². The molecule has 0 atom stereocenters. The van der Waals surface area contributed by atoms with Gasteiger partial charge >= 0.3 is 0 Å². The average molecular weight is 741 g/mol. The summed E-state index contributed by atoms with van der Waals surface area (Å²) in [6, 6.07) is 66.9. The van der Waals surface area contributed by atoms with Gasteiger partial charge in [-0.1, -0.05) is 123 Å². The normalized spacial score (nSPS) is 13.5. The third kappa shape index (κ3) is 4.11. The number of hydrogen-bond acceptors (Lipinski definition) is 1. The fraction of sp³-hybridized carbons (Fsp3) is 0.0556. The molecular formula is C54H36N4. The van der Waals surface area contributed by atoms with Crippen LogP contribution in [0.5, 0.6) is 0 Å². The van der Waals surface area contributed by atoms with Crippen molar-refractivity contribution >= 4 is 76.3 Å². The minimum atomic E-state index is -0.133. The monoisotopic (exact) mass is 740 g/mol. The zero-order chi connectivity index (χ0) is 38.3. The van der Waals surface area contributed by atoms with Gasteiger partial charge in [-0.2, -0.15) is 0 Å². The van der Waals surface area contributed by atoms with E-state index in [4.69, 9.17) is 4.98 Å². The first-order chi connectivity index (χ1) is 28.5. The molecule has 1 aliphatic rings. The summed E-state index contributed by atoms with van der Waals surface area (Å²) in [6.45, 7) is 4.68. The SMILES string of the molecule is CC1(C)c2ccccc2-c2cc(-n3c4ccc(-n5c6ccccc6c6ccccc65)cc4c4cc(-n5c6ccccc6c6ccccc65)ccc43)nc3cccc1c23. The summed E-state index contributed by atoms with van der Waals surface area (Å²) in [5, 5.41) is 8.64. The van der Waals surface area contributed by atoms with Crippen molar-refractivity contribution < 1.29 is 0 Å². The largest absolute Gasteiger partial charge is 0.309 e. The highest BCUT2D eigenvalue weighted by Gasteiger charge is 2.34. The van der Waals surface area contributed by atoms with Crippen molar-refractivity contribution in [3.05, 3.63) is 193 Å². The standard InChI is InChI=1S/C54H36N4/c1-54(2)43-19-8-3-14-35(43)42-32-52(55-45-21-13-20-44(54)53(42)45)58-50-28-26-33(56-46-22-9-4-15-36(46)37-16-5-10-23-47(37)56)30-40(50)41-31-34(27-29-51(41)58)57-48-24-11-6-17-38(48)39-18-7-12-25-49(39)57/h3-32H,1-2H3. The van der Waals surface area contributed by atoms with Crippen molar-refractivity contribution in [2.75, 3.05) is 0 Å². The second kappa shape index (κ2) is 11.3. The van der Waals surface area contributed by atoms with Crippen LogP contribution >= 0.6 is 0 Å². The summed E-state index contributed by atoms with van der Waals surface area (Å²) in [7, 11) is 0. The minimum absolute atomic E-state index is 0.133. The van der Waals surface area contributed by atoms with Gasteiger partial charge in [-0.05, 0) is 95.1 Å². The molecule has 0 unspecified atom stereocenters. The topological polar surface area (TPSA) is 27.7 Å². The number of nitrogens with zero attached hydrogens (tertiary/aromatic N) is 4. The van der Waals surface area contributed by atoms with Crippen LogP contribution in [0, 0.1) is 0 Å². The minimum Gasteiger partial charge on any atom is -0.309 e. The Morgan fingerprint density at radius 3 is 1.34 bits per heavy atom. The molecule has 0 aliphatic heterocycles. The molecule has 8 aromatic carbocycles. The van der Waals surface area contributed by atoms with E-state index in [-0.39, 0.29) is 5.41 Å². The Morgan fingerprint density at radius 1 is 0.362 bits per heavy atom. The van der Waals surface area contributed by atoms with Crippen molar-refractivity contribution in [1.82, 2.24) is 18.7 Å². The first kappa shape index (κ1) is 31.7. The van der Waals surface area contributed by atoms with Crippen molar-refractivity contribution in [3.8, 4) is 28.3 Å². The number of hydrogen-bond donors (Lipinski definition) is 0. The third-order valence-electron chi connectivity index (χ3n) is 13.0. The lowest BCUT2D eigenvalue weighted by atomic mass is 9.69. The van der Waals surface area contributed by atoms with Gasteiger partial charge in [-0.25, -0.2) is 4.98 Å². The highest BCUT2D eigenvalue weighted by molar-refractivity contribution is 6.14. The summed E-state index contributed by atoms with van der Waals surface area (Å²) in [6.07, 6.45) is 0. The van der Waals surface area contributed by atoms with E-state index in [0.717, 1.165) is 33.7 Å². The van der Waals surface area contributed by atoms with E-state index in [1.807, 2.05) is 0 Å². The molecule has 0 saturated carbocycles. The highest BCUT2D eigenvalue weighted by atomic mass is 15.1. The van der Waals surface area contributed by atoms with Crippen molar-refractivity contribution in [3.63, 3.8) is 0 Å². The van der Waals surface area contributed by atoms with E-state index < -0.39 is 0 Å². The molecule has 58 heavy (non-hydrogen) atoms. The molecule has 13 rings (SSSR count). The quantitative estimate of drug-likeness (QED) is 0.177. The molecule has 1 aliphatic carbocycles. The van der Waals surface area contributed by atoms with Gasteiger partial charge in [0.15, 0.2) is 0 Å². The van der Waals surface area contributed by atoms with Crippen molar-refractivity contribution in [2.24, 2.45) is 0 Å². The van der Waals surface area contributed by atoms with E-state index in [2.05, 4.69) is 210 Å². The number of rotatable bonds is 3. The van der Waals surface area contributed by atoms with E-state index >= 15 is 0 Å². The fourth-order valence-corrected chi connectivity index (χ4v) is 10.5. The van der Waals surface area contributed by atoms with Gasteiger partial charge < -0.3 is 9.13 Å². The van der Waals surface area contributed by atoms with Crippen LogP contribution in [0.4, 0.5) is 0 Å². The van der Waals surface area contributed by atoms with E-state index in [1.165, 1.54) is 82.0 Å². The molecule has 4 heteroatoms. The molecule has 0 radical (unpaired) electrons. The Kier molecular flexibility index (Phi) is 6.20. The van der Waals surface area contributed by atoms with Gasteiger partial charge in [0, 0.05) is 54.5 Å². The molecular weight excluding hydrogens is 705 g/mol. The van der Waals surface area contributed by atoms with E-state index in [9.17, 15) is 0 Å². The Balaban J connectivity index is 1.14. The third-order valence-corrected chi connectivity index (χ3v) is 13.0. The predicted molar refractivity (Wildman–Crippen MR) is 242 cm³/mol. The van der Waals surface area contributed by atoms with Crippen LogP contribution in [0.1, 0.15) is 25.0 Å². The highest BCUT2D eigenvalue weighted by Crippen LogP contribution is 2.49. The van der Waals surface area contributed by atoms with Gasteiger partial charge in [0.1, 0.15) is 5.82 Å². The maximum Gasteiger partial charge on any atom is 0.138 e. The zero-order valence-corrected chi connectivity index (χ0v) is 32.1. The first-order valence-electron chi connectivity index (χ1n) is 20.1. The summed E-state index contributed by atoms with van der Waals surface area (Å²) in [5.41, 5.74) is 15.4. The van der Waals surface area contributed by atoms with Crippen LogP contribution in [0.2, 0.25) is 0 Å². The lowest BCUT2D eigenvalue weighted by molar-refractivity contribution is 0.645. The second-order valence-electron chi connectivity index (χ2n) is 16.4. The van der Waals surface area contributed by atoms with Gasteiger partial charge in [-0.15, -0.1) is 0 Å². The van der Waals surface area contributed by atoms with Crippen LogP contribution in [-0.2, 0) is 5.41 Å². The Morgan fingerprint density at radius 2 is 0.810 bits per heavy atom. The molecule has 0 spiro atoms. The van der Waals surface area contributed by atoms with Crippen LogP contribution in [-0.4, -0.2) is 18.7 Å². The average Bonchev–Trinajstić information content (AvgIpc) is 3.91. The lowest BCUT2D eigenvalue weighted by Gasteiger charge is -2.35. The van der Waals surface area contributed by atoms with Gasteiger partial charge in [0.05, 0.1) is 38.6 Å². The van der Waals surface area contributed by atoms with Crippen molar-refractivity contribution in [2.45, 2.75) is 19.3 Å². The first-order valence-corrected chi connectivity index (χ1v) is 20.1. The summed E-state index contributed by atoms with van der Waals surface area (Å²) in [4.78, 5) is 5.52. The van der Waals surface area contributed by atoms with Gasteiger partial charge in [0.2, 0.25) is 0 Å². The molecule has 0 saturated heterocycles. The Labute approximate surface area is 334 Å². The van der Waals surface area contributed by atoms with Gasteiger partial charge in [0.25, 0.3) is 0 Å². The summed E-state index contributed by atoms with van der Waals surface area (Å²) in [5.74, 6) is 0.920. The number of benzene rings is 8. The predicted octanol–water partition coefficient (Wildman–Crippen LogP) is 13.8. The Hall–Kier alpha value is -7.43. The summed E-state index contributed by atoms with van der Waals surface area (Å²) < 4.78 is 7.23. The Bertz CT molecular complexity index is 3440. The molecule has 0 N–H and O–H groups in total. The van der Waals surface area contributed by atoms with Crippen molar-refractivity contribution in [1.29, 1.82) is 0 Å². The maximum atomic E-state index is 5.52. The fourth-order valence-electron chi connectivity index (χ4n) is 10.5. The number of pyridine rings is 1. The van der Waals surface area contributed by atoms with Crippen LogP contribution in [0.25, 0.3) is 105 Å². The summed E-state index contributed by atoms with van der Waals surface area (Å²) >= 11 is 0.